The van der Waals surface area contributed by atoms with Crippen molar-refractivity contribution in [2.24, 2.45) is 0 Å². The standard InChI is InChI=1S/2Bi.Sb.3H2Se.9H/h;;;3*1H2;;;;;;;;;. The zero-order chi connectivity index (χ0) is 0. The van der Waals surface area contributed by atoms with E-state index < -0.39 is 0 Å². The zero-order valence-corrected chi connectivity index (χ0v) is 24.9. The zero-order valence-electron chi connectivity index (χ0n) is 3.62. The summed E-state index contributed by atoms with van der Waals surface area (Å²) in [5.41, 5.74) is 0. The molecule has 0 aromatic heterocycles. The monoisotopic (exact) mass is 794 g/mol. The van der Waals surface area contributed by atoms with Gasteiger partial charge in [0, 0.05) is 0 Å². The number of hydrogen-bond acceptors (Lipinski definition) is 0. The minimum absolute atomic E-state index is 0. The predicted molar refractivity (Wildman–Crippen MR) is 55.4 cm³/mol. The van der Waals surface area contributed by atoms with Crippen molar-refractivity contribution in [3.63, 3.8) is 0 Å². The average molecular weight is 792 g/mol. The second kappa shape index (κ2) is 35.3. The summed E-state index contributed by atoms with van der Waals surface area (Å²) in [7, 11) is 0. The quantitative estimate of drug-likeness (QED) is 0.215. The van der Waals surface area contributed by atoms with Crippen molar-refractivity contribution in [1.82, 2.24) is 0 Å². The van der Waals surface area contributed by atoms with E-state index in [9.17, 15) is 0 Å². The van der Waals surface area contributed by atoms with Crippen LogP contribution in [0.4, 0.5) is 0 Å². The van der Waals surface area contributed by atoms with Gasteiger partial charge in [-0.2, -0.15) is 0 Å². The third kappa shape index (κ3) is 24.2. The van der Waals surface area contributed by atoms with Gasteiger partial charge in [-0.15, -0.1) is 0 Å². The van der Waals surface area contributed by atoms with Crippen LogP contribution in [-0.2, 0) is 0 Å². The Hall–Kier alpha value is 4.14. The molecule has 48 valence electrons. The van der Waals surface area contributed by atoms with Crippen LogP contribution in [0.1, 0.15) is 0 Å². The summed E-state index contributed by atoms with van der Waals surface area (Å²) in [5.74, 6) is 0. The van der Waals surface area contributed by atoms with E-state index in [0.717, 1.165) is 0 Å². The Morgan fingerprint density at radius 2 is 0.500 bits per heavy atom. The van der Waals surface area contributed by atoms with Crippen molar-refractivity contribution >= 4 is 128 Å². The molecular formula is H15Bi2SbSe3. The Balaban J connectivity index is 0. The van der Waals surface area contributed by atoms with Crippen LogP contribution in [0.15, 0.2) is 0 Å². The average Bonchev–Trinajstić information content (AvgIpc) is 0. The number of hydrogen-bond donors (Lipinski definition) is 0. The minimum atomic E-state index is 0. The summed E-state index contributed by atoms with van der Waals surface area (Å²) in [6.45, 7) is 0. The molecule has 0 saturated heterocycles. The Labute approximate surface area is 125 Å². The molecule has 0 nitrogen and oxygen atoms in total. The molecule has 0 rings (SSSR count). The van der Waals surface area contributed by atoms with E-state index in [1.807, 2.05) is 0 Å². The van der Waals surface area contributed by atoms with Gasteiger partial charge in [0.1, 0.15) is 0 Å². The molecule has 0 N–H and O–H groups in total. The van der Waals surface area contributed by atoms with Crippen molar-refractivity contribution in [1.29, 1.82) is 0 Å². The molecule has 0 bridgehead atoms. The summed E-state index contributed by atoms with van der Waals surface area (Å²) in [4.78, 5) is 0. The molecular weight excluding hydrogens is 777 g/mol. The van der Waals surface area contributed by atoms with Crippen LogP contribution in [0.2, 0.25) is 0 Å². The molecule has 0 fully saturated rings. The fourth-order valence-electron chi connectivity index (χ4n) is 0. The second-order valence-corrected chi connectivity index (χ2v) is 0. The SMILES string of the molecule is [BiH3].[BiH3].[SbH3].[SeH2].[SeH2].[SeH2]. The third-order valence-corrected chi connectivity index (χ3v) is 0. The van der Waals surface area contributed by atoms with E-state index in [0.29, 0.717) is 0 Å². The molecule has 0 aliphatic rings. The molecule has 6 heavy (non-hydrogen) atoms. The third-order valence-electron chi connectivity index (χ3n) is 0. The van der Waals surface area contributed by atoms with Gasteiger partial charge >= 0.3 is 128 Å². The summed E-state index contributed by atoms with van der Waals surface area (Å²) >= 11 is 0. The van der Waals surface area contributed by atoms with Crippen molar-refractivity contribution in [3.8, 4) is 0 Å². The first-order valence-electron chi connectivity index (χ1n) is 0. The summed E-state index contributed by atoms with van der Waals surface area (Å²) in [5, 5.41) is 0. The van der Waals surface area contributed by atoms with Crippen molar-refractivity contribution in [2.75, 3.05) is 0 Å². The first kappa shape index (κ1) is 49.4. The normalized spacial score (nSPS) is 0. The Morgan fingerprint density at radius 1 is 0.500 bits per heavy atom. The van der Waals surface area contributed by atoms with E-state index >= 15 is 0 Å². The molecule has 0 unspecified atom stereocenters. The molecule has 0 aliphatic heterocycles. The summed E-state index contributed by atoms with van der Waals surface area (Å²) in [6, 6.07) is 0. The topological polar surface area (TPSA) is 0 Å². The Bertz CT molecular complexity index is 8.75. The Morgan fingerprint density at radius 3 is 0.500 bits per heavy atom. The second-order valence-electron chi connectivity index (χ2n) is 0. The molecule has 0 spiro atoms. The van der Waals surface area contributed by atoms with Gasteiger partial charge in [0.05, 0.1) is 0 Å². The summed E-state index contributed by atoms with van der Waals surface area (Å²) in [6.07, 6.45) is 0. The van der Waals surface area contributed by atoms with E-state index in [1.165, 1.54) is 0 Å². The Kier molecular flexibility index (Phi) is 291. The first-order valence-corrected chi connectivity index (χ1v) is 0. The molecule has 0 saturated carbocycles. The fourth-order valence-corrected chi connectivity index (χ4v) is 0. The van der Waals surface area contributed by atoms with Crippen molar-refractivity contribution < 1.29 is 0 Å². The van der Waals surface area contributed by atoms with Crippen LogP contribution in [0, 0.1) is 0 Å². The van der Waals surface area contributed by atoms with Crippen LogP contribution in [0.3, 0.4) is 0 Å². The summed E-state index contributed by atoms with van der Waals surface area (Å²) < 4.78 is 0. The fraction of sp³-hybridized carbons (Fsp3) is 0. The van der Waals surface area contributed by atoms with Crippen molar-refractivity contribution in [2.45, 2.75) is 0 Å². The molecule has 0 radical (unpaired) electrons. The van der Waals surface area contributed by atoms with Gasteiger partial charge in [0.15, 0.2) is 0 Å². The van der Waals surface area contributed by atoms with Gasteiger partial charge in [-0.25, -0.2) is 0 Å². The molecule has 0 amide bonds. The van der Waals surface area contributed by atoms with Gasteiger partial charge in [0.25, 0.3) is 0 Å². The van der Waals surface area contributed by atoms with Gasteiger partial charge < -0.3 is 0 Å². The predicted octanol–water partition coefficient (Wildman–Crippen LogP) is -6.30. The maximum atomic E-state index is 0. The van der Waals surface area contributed by atoms with Crippen LogP contribution < -0.4 is 0 Å². The maximum absolute atomic E-state index is 0. The molecule has 6 heteroatoms. The molecule has 0 heterocycles. The number of rotatable bonds is 0. The van der Waals surface area contributed by atoms with Crippen LogP contribution in [-0.4, -0.2) is 128 Å². The van der Waals surface area contributed by atoms with Crippen LogP contribution in [0.25, 0.3) is 0 Å². The van der Waals surface area contributed by atoms with E-state index in [2.05, 4.69) is 0 Å². The van der Waals surface area contributed by atoms with E-state index in [4.69, 9.17) is 0 Å². The van der Waals surface area contributed by atoms with Crippen molar-refractivity contribution in [3.05, 3.63) is 0 Å². The molecule has 0 aromatic rings. The van der Waals surface area contributed by atoms with E-state index in [1.54, 1.807) is 0 Å². The molecule has 0 aliphatic carbocycles. The first-order chi connectivity index (χ1) is 0. The molecule has 0 aromatic carbocycles. The van der Waals surface area contributed by atoms with Gasteiger partial charge in [-0.1, -0.05) is 0 Å². The van der Waals surface area contributed by atoms with Crippen LogP contribution in [0.5, 0.6) is 0 Å². The van der Waals surface area contributed by atoms with Crippen LogP contribution >= 0.6 is 0 Å². The van der Waals surface area contributed by atoms with Gasteiger partial charge in [-0.05, 0) is 0 Å². The molecule has 0 atom stereocenters. The van der Waals surface area contributed by atoms with E-state index in [-0.39, 0.29) is 128 Å². The van der Waals surface area contributed by atoms with Gasteiger partial charge in [-0.3, -0.25) is 0 Å². The van der Waals surface area contributed by atoms with Gasteiger partial charge in [0.2, 0.25) is 0 Å².